The highest BCUT2D eigenvalue weighted by molar-refractivity contribution is 5.97. The van der Waals surface area contributed by atoms with E-state index in [0.717, 1.165) is 24.1 Å². The van der Waals surface area contributed by atoms with Crippen LogP contribution in [-0.2, 0) is 4.79 Å². The second-order valence-corrected chi connectivity index (χ2v) is 5.56. The van der Waals surface area contributed by atoms with E-state index in [1.165, 1.54) is 0 Å². The zero-order valence-electron chi connectivity index (χ0n) is 13.1. The van der Waals surface area contributed by atoms with Gasteiger partial charge in [-0.25, -0.2) is 8.78 Å². The van der Waals surface area contributed by atoms with Gasteiger partial charge in [0.2, 0.25) is 0 Å². The Morgan fingerprint density at radius 1 is 1.33 bits per heavy atom. The first-order chi connectivity index (χ1) is 9.88. The Balaban J connectivity index is 2.51. The van der Waals surface area contributed by atoms with Gasteiger partial charge in [0, 0.05) is 36.6 Å². The van der Waals surface area contributed by atoms with E-state index in [2.05, 4.69) is 5.32 Å². The van der Waals surface area contributed by atoms with Crippen molar-refractivity contribution >= 4 is 5.78 Å². The zero-order valence-corrected chi connectivity index (χ0v) is 13.1. The molecule has 0 aromatic carbocycles. The molecule has 0 radical (unpaired) electrons. The number of carbonyl (C=O) groups excluding carboxylic acids is 1. The number of alkyl halides is 2. The van der Waals surface area contributed by atoms with Crippen LogP contribution in [0.3, 0.4) is 0 Å². The minimum Gasteiger partial charge on any atom is -0.385 e. The first-order valence-corrected chi connectivity index (χ1v) is 7.60. The van der Waals surface area contributed by atoms with Crippen LogP contribution in [0.1, 0.15) is 52.9 Å². The van der Waals surface area contributed by atoms with E-state index in [1.807, 2.05) is 32.9 Å². The molecule has 4 heteroatoms. The Labute approximate surface area is 126 Å². The third-order valence-corrected chi connectivity index (χ3v) is 3.37. The molecule has 0 bridgehead atoms. The molecule has 1 fully saturated rings. The van der Waals surface area contributed by atoms with Gasteiger partial charge >= 0.3 is 0 Å². The van der Waals surface area contributed by atoms with Gasteiger partial charge < -0.3 is 5.32 Å². The number of rotatable bonds is 8. The second kappa shape index (κ2) is 8.11. The maximum Gasteiger partial charge on any atom is 0.252 e. The lowest BCUT2D eigenvalue weighted by Crippen LogP contribution is -2.47. The first kappa shape index (κ1) is 17.6. The predicted octanol–water partition coefficient (Wildman–Crippen LogP) is 4.54. The maximum atomic E-state index is 12.7. The molecule has 0 unspecified atom stereocenters. The lowest BCUT2D eigenvalue weighted by molar-refractivity contribution is -0.115. The minimum atomic E-state index is -2.50. The van der Waals surface area contributed by atoms with Gasteiger partial charge in [-0.05, 0) is 25.8 Å². The van der Waals surface area contributed by atoms with Crippen LogP contribution < -0.4 is 5.32 Å². The second-order valence-electron chi connectivity index (χ2n) is 5.56. The lowest BCUT2D eigenvalue weighted by Gasteiger charge is -2.36. The van der Waals surface area contributed by atoms with Crippen molar-refractivity contribution in [3.8, 4) is 0 Å². The van der Waals surface area contributed by atoms with Crippen LogP contribution in [-0.4, -0.2) is 17.7 Å². The fourth-order valence-corrected chi connectivity index (χ4v) is 2.30. The van der Waals surface area contributed by atoms with E-state index in [1.54, 1.807) is 12.2 Å². The Bertz CT molecular complexity index is 442. The van der Waals surface area contributed by atoms with Crippen molar-refractivity contribution in [1.29, 1.82) is 0 Å². The molecule has 1 aliphatic rings. The number of carbonyl (C=O) groups is 1. The molecule has 0 heterocycles. The third kappa shape index (κ3) is 6.23. The highest BCUT2D eigenvalue weighted by atomic mass is 19.3. The van der Waals surface area contributed by atoms with Crippen LogP contribution in [0.4, 0.5) is 8.78 Å². The molecule has 1 N–H and O–H groups in total. The van der Waals surface area contributed by atoms with Gasteiger partial charge in [0.25, 0.3) is 5.92 Å². The van der Waals surface area contributed by atoms with Crippen LogP contribution in [0, 0.1) is 0 Å². The molecule has 0 atom stereocenters. The van der Waals surface area contributed by atoms with Crippen molar-refractivity contribution in [2.45, 2.75) is 64.8 Å². The summed E-state index contributed by atoms with van der Waals surface area (Å²) in [6, 6.07) is -0.142. The summed E-state index contributed by atoms with van der Waals surface area (Å²) >= 11 is 0. The smallest absolute Gasteiger partial charge is 0.252 e. The number of hydrogen-bond acceptors (Lipinski definition) is 2. The molecule has 0 aromatic heterocycles. The molecule has 0 aliphatic heterocycles. The molecule has 1 rings (SSSR count). The van der Waals surface area contributed by atoms with E-state index in [-0.39, 0.29) is 24.7 Å². The standard InChI is InChI=1S/C17H25F2NO/c1-4-7-14(16(21)8-5-2)10-6-9-13(3)20-15-11-17(18,19)12-15/h6-7,9-10,15,20H,4-5,8,11-12H2,1-3H3/b10-6-,13-9?,14-7-. The number of ketones is 1. The van der Waals surface area contributed by atoms with Crippen LogP contribution in [0.25, 0.3) is 0 Å². The molecule has 0 aromatic rings. The number of nitrogens with one attached hydrogen (secondary N) is 1. The summed E-state index contributed by atoms with van der Waals surface area (Å²) in [7, 11) is 0. The minimum absolute atomic E-state index is 0.0993. The summed E-state index contributed by atoms with van der Waals surface area (Å²) in [6.07, 6.45) is 9.32. The molecule has 0 amide bonds. The van der Waals surface area contributed by atoms with Gasteiger partial charge in [-0.15, -0.1) is 0 Å². The molecule has 21 heavy (non-hydrogen) atoms. The van der Waals surface area contributed by atoms with Gasteiger partial charge in [0.05, 0.1) is 0 Å². The van der Waals surface area contributed by atoms with E-state index >= 15 is 0 Å². The summed E-state index contributed by atoms with van der Waals surface area (Å²) in [6.45, 7) is 5.82. The fraction of sp³-hybridized carbons (Fsp3) is 0.588. The SMILES string of the molecule is CC/C=C(/C=C\C=C(C)NC1CC(F)(F)C1)C(=O)CCC. The zero-order chi connectivity index (χ0) is 15.9. The fourth-order valence-electron chi connectivity index (χ4n) is 2.30. The summed E-state index contributed by atoms with van der Waals surface area (Å²) < 4.78 is 25.4. The summed E-state index contributed by atoms with van der Waals surface area (Å²) in [4.78, 5) is 11.9. The Hall–Kier alpha value is -1.45. The Morgan fingerprint density at radius 3 is 2.52 bits per heavy atom. The Kier molecular flexibility index (Phi) is 6.79. The monoisotopic (exact) mass is 297 g/mol. The van der Waals surface area contributed by atoms with Crippen molar-refractivity contribution in [1.82, 2.24) is 5.32 Å². The highest BCUT2D eigenvalue weighted by Gasteiger charge is 2.45. The number of hydrogen-bond donors (Lipinski definition) is 1. The van der Waals surface area contributed by atoms with E-state index in [0.29, 0.717) is 6.42 Å². The number of halogens is 2. The summed E-state index contributed by atoms with van der Waals surface area (Å²) in [5.41, 5.74) is 1.56. The van der Waals surface area contributed by atoms with Crippen LogP contribution in [0.2, 0.25) is 0 Å². The van der Waals surface area contributed by atoms with Gasteiger partial charge in [-0.3, -0.25) is 4.79 Å². The summed E-state index contributed by atoms with van der Waals surface area (Å²) in [5.74, 6) is -2.36. The van der Waals surface area contributed by atoms with Gasteiger partial charge in [0.1, 0.15) is 0 Å². The quantitative estimate of drug-likeness (QED) is 0.526. The van der Waals surface area contributed by atoms with Crippen molar-refractivity contribution in [2.24, 2.45) is 0 Å². The molecule has 1 saturated carbocycles. The van der Waals surface area contributed by atoms with Crippen LogP contribution in [0.15, 0.2) is 35.6 Å². The van der Waals surface area contributed by atoms with Gasteiger partial charge in [-0.1, -0.05) is 32.1 Å². The Morgan fingerprint density at radius 2 is 2.00 bits per heavy atom. The average Bonchev–Trinajstić information content (AvgIpc) is 2.35. The van der Waals surface area contributed by atoms with E-state index < -0.39 is 5.92 Å². The van der Waals surface area contributed by atoms with Gasteiger partial charge in [0.15, 0.2) is 5.78 Å². The maximum absolute atomic E-state index is 12.7. The van der Waals surface area contributed by atoms with Crippen molar-refractivity contribution in [2.75, 3.05) is 0 Å². The largest absolute Gasteiger partial charge is 0.385 e. The van der Waals surface area contributed by atoms with Gasteiger partial charge in [-0.2, -0.15) is 0 Å². The van der Waals surface area contributed by atoms with E-state index in [4.69, 9.17) is 0 Å². The third-order valence-electron chi connectivity index (χ3n) is 3.37. The average molecular weight is 297 g/mol. The van der Waals surface area contributed by atoms with Crippen LogP contribution in [0.5, 0.6) is 0 Å². The van der Waals surface area contributed by atoms with Crippen molar-refractivity contribution < 1.29 is 13.6 Å². The molecule has 1 aliphatic carbocycles. The molecular weight excluding hydrogens is 272 g/mol. The first-order valence-electron chi connectivity index (χ1n) is 7.60. The molecule has 118 valence electrons. The molecule has 0 saturated heterocycles. The van der Waals surface area contributed by atoms with E-state index in [9.17, 15) is 13.6 Å². The van der Waals surface area contributed by atoms with Crippen molar-refractivity contribution in [3.63, 3.8) is 0 Å². The normalized spacial score (nSPS) is 19.7. The molecule has 2 nitrogen and oxygen atoms in total. The molecule has 0 spiro atoms. The number of Topliss-reactive ketones (excluding diaryl/α,β-unsaturated/α-hetero) is 1. The topological polar surface area (TPSA) is 29.1 Å². The predicted molar refractivity (Wildman–Crippen MR) is 82.3 cm³/mol. The van der Waals surface area contributed by atoms with Crippen molar-refractivity contribution in [3.05, 3.63) is 35.6 Å². The highest BCUT2D eigenvalue weighted by Crippen LogP contribution is 2.37. The summed E-state index contributed by atoms with van der Waals surface area (Å²) in [5, 5.41) is 3.06. The number of allylic oxidation sites excluding steroid dienone is 6. The lowest BCUT2D eigenvalue weighted by atomic mass is 9.88. The molecular formula is C17H25F2NO. The van der Waals surface area contributed by atoms with Crippen LogP contribution >= 0.6 is 0 Å².